The molecule has 3 nitrogen and oxygen atoms in total. The molecule has 0 atom stereocenters. The van der Waals surface area contributed by atoms with Crippen molar-refractivity contribution in [2.24, 2.45) is 0 Å². The highest BCUT2D eigenvalue weighted by Gasteiger charge is 2.34. The summed E-state index contributed by atoms with van der Waals surface area (Å²) in [6.45, 7) is 4.82. The Morgan fingerprint density at radius 2 is 2.08 bits per heavy atom. The molecule has 0 aromatic rings. The van der Waals surface area contributed by atoms with Crippen molar-refractivity contribution in [3.8, 4) is 0 Å². The Balaban J connectivity index is 2.51. The Kier molecular flexibility index (Phi) is 3.72. The number of piperidine rings is 1. The van der Waals surface area contributed by atoms with Crippen molar-refractivity contribution in [1.29, 1.82) is 0 Å². The van der Waals surface area contributed by atoms with Crippen molar-refractivity contribution in [3.05, 3.63) is 0 Å². The van der Waals surface area contributed by atoms with Gasteiger partial charge in [0.2, 0.25) is 0 Å². The topological polar surface area (TPSA) is 29.5 Å². The summed E-state index contributed by atoms with van der Waals surface area (Å²) in [6, 6.07) is 0. The summed E-state index contributed by atoms with van der Waals surface area (Å²) in [5, 5.41) is 0. The second kappa shape index (κ2) is 4.61. The standard InChI is InChI=1S/C10H19NO2/c1-3-4-10(13-9-12)5-7-11(2)8-6-10/h9H,3-8H2,1-2H3. The zero-order valence-corrected chi connectivity index (χ0v) is 8.58. The second-order valence-electron chi connectivity index (χ2n) is 3.95. The highest BCUT2D eigenvalue weighted by atomic mass is 16.5. The average molecular weight is 185 g/mol. The van der Waals surface area contributed by atoms with E-state index in [4.69, 9.17) is 4.74 Å². The molecule has 0 aromatic carbocycles. The zero-order valence-electron chi connectivity index (χ0n) is 8.58. The Hall–Kier alpha value is -0.570. The van der Waals surface area contributed by atoms with Crippen LogP contribution in [0.15, 0.2) is 0 Å². The average Bonchev–Trinajstić information content (AvgIpc) is 2.11. The van der Waals surface area contributed by atoms with Gasteiger partial charge in [0.05, 0.1) is 0 Å². The lowest BCUT2D eigenvalue weighted by Gasteiger charge is -2.38. The second-order valence-corrected chi connectivity index (χ2v) is 3.95. The molecule has 0 saturated carbocycles. The predicted molar refractivity (Wildman–Crippen MR) is 51.5 cm³/mol. The first-order valence-corrected chi connectivity index (χ1v) is 5.02. The lowest BCUT2D eigenvalue weighted by atomic mass is 9.87. The number of hydrogen-bond donors (Lipinski definition) is 0. The van der Waals surface area contributed by atoms with Crippen molar-refractivity contribution in [2.45, 2.75) is 38.2 Å². The van der Waals surface area contributed by atoms with E-state index < -0.39 is 0 Å². The van der Waals surface area contributed by atoms with Crippen LogP contribution in [0, 0.1) is 0 Å². The van der Waals surface area contributed by atoms with Crippen molar-refractivity contribution in [1.82, 2.24) is 4.90 Å². The number of carbonyl (C=O) groups excluding carboxylic acids is 1. The first-order valence-electron chi connectivity index (χ1n) is 5.02. The van der Waals surface area contributed by atoms with Crippen LogP contribution in [0.25, 0.3) is 0 Å². The summed E-state index contributed by atoms with van der Waals surface area (Å²) < 4.78 is 5.25. The molecule has 0 aliphatic carbocycles. The summed E-state index contributed by atoms with van der Waals surface area (Å²) in [6.07, 6.45) is 4.04. The normalized spacial score (nSPS) is 22.6. The molecule has 1 heterocycles. The molecule has 13 heavy (non-hydrogen) atoms. The Labute approximate surface area is 80.1 Å². The van der Waals surface area contributed by atoms with E-state index in [1.54, 1.807) is 0 Å². The van der Waals surface area contributed by atoms with E-state index in [0.717, 1.165) is 38.8 Å². The highest BCUT2D eigenvalue weighted by Crippen LogP contribution is 2.29. The van der Waals surface area contributed by atoms with Crippen LogP contribution in [0.1, 0.15) is 32.6 Å². The van der Waals surface area contributed by atoms with Gasteiger partial charge in [-0.25, -0.2) is 0 Å². The van der Waals surface area contributed by atoms with Gasteiger partial charge in [0.1, 0.15) is 5.60 Å². The van der Waals surface area contributed by atoms with Gasteiger partial charge in [0.15, 0.2) is 0 Å². The van der Waals surface area contributed by atoms with E-state index in [1.165, 1.54) is 0 Å². The third-order valence-corrected chi connectivity index (χ3v) is 2.90. The minimum Gasteiger partial charge on any atom is -0.461 e. The molecule has 0 unspecified atom stereocenters. The molecule has 1 saturated heterocycles. The van der Waals surface area contributed by atoms with Crippen LogP contribution in [0.4, 0.5) is 0 Å². The third kappa shape index (κ3) is 2.69. The first-order chi connectivity index (χ1) is 6.22. The lowest BCUT2D eigenvalue weighted by molar-refractivity contribution is -0.149. The van der Waals surface area contributed by atoms with Gasteiger partial charge in [-0.15, -0.1) is 0 Å². The van der Waals surface area contributed by atoms with Crippen LogP contribution in [0.3, 0.4) is 0 Å². The summed E-state index contributed by atoms with van der Waals surface area (Å²) >= 11 is 0. The molecule has 0 radical (unpaired) electrons. The molecule has 0 amide bonds. The van der Waals surface area contributed by atoms with Crippen LogP contribution in [0.5, 0.6) is 0 Å². The van der Waals surface area contributed by atoms with E-state index >= 15 is 0 Å². The molecule has 76 valence electrons. The van der Waals surface area contributed by atoms with Crippen molar-refractivity contribution in [2.75, 3.05) is 20.1 Å². The number of nitrogens with zero attached hydrogens (tertiary/aromatic N) is 1. The molecule has 3 heteroatoms. The minimum atomic E-state index is -0.150. The third-order valence-electron chi connectivity index (χ3n) is 2.90. The highest BCUT2D eigenvalue weighted by molar-refractivity contribution is 5.38. The quantitative estimate of drug-likeness (QED) is 0.620. The number of rotatable bonds is 4. The van der Waals surface area contributed by atoms with Crippen molar-refractivity contribution < 1.29 is 9.53 Å². The van der Waals surface area contributed by atoms with E-state index in [2.05, 4.69) is 18.9 Å². The number of likely N-dealkylation sites (tertiary alicyclic amines) is 1. The van der Waals surface area contributed by atoms with Gasteiger partial charge < -0.3 is 9.64 Å². The summed E-state index contributed by atoms with van der Waals surface area (Å²) in [4.78, 5) is 12.7. The van der Waals surface area contributed by atoms with Crippen LogP contribution in [0.2, 0.25) is 0 Å². The van der Waals surface area contributed by atoms with Crippen LogP contribution >= 0.6 is 0 Å². The van der Waals surface area contributed by atoms with Gasteiger partial charge in [0, 0.05) is 13.1 Å². The zero-order chi connectivity index (χ0) is 9.73. The van der Waals surface area contributed by atoms with Crippen LogP contribution in [-0.2, 0) is 9.53 Å². The van der Waals surface area contributed by atoms with E-state index in [0.29, 0.717) is 6.47 Å². The minimum absolute atomic E-state index is 0.150. The maximum atomic E-state index is 10.4. The van der Waals surface area contributed by atoms with Gasteiger partial charge in [-0.2, -0.15) is 0 Å². The Bertz CT molecular complexity index is 162. The van der Waals surface area contributed by atoms with Crippen molar-refractivity contribution in [3.63, 3.8) is 0 Å². The molecular weight excluding hydrogens is 166 g/mol. The maximum Gasteiger partial charge on any atom is 0.293 e. The SMILES string of the molecule is CCCC1(OC=O)CCN(C)CC1. The van der Waals surface area contributed by atoms with Crippen LogP contribution < -0.4 is 0 Å². The molecule has 1 aliphatic heterocycles. The molecule has 0 bridgehead atoms. The fourth-order valence-corrected chi connectivity index (χ4v) is 2.01. The number of ether oxygens (including phenoxy) is 1. The van der Waals surface area contributed by atoms with E-state index in [9.17, 15) is 4.79 Å². The van der Waals surface area contributed by atoms with Gasteiger partial charge >= 0.3 is 0 Å². The monoisotopic (exact) mass is 185 g/mol. The Morgan fingerprint density at radius 1 is 1.46 bits per heavy atom. The van der Waals surface area contributed by atoms with Crippen LogP contribution in [-0.4, -0.2) is 37.1 Å². The van der Waals surface area contributed by atoms with Gasteiger partial charge in [-0.1, -0.05) is 13.3 Å². The molecule has 0 aromatic heterocycles. The van der Waals surface area contributed by atoms with Gasteiger partial charge in [0.25, 0.3) is 6.47 Å². The first kappa shape index (κ1) is 10.5. The fourth-order valence-electron chi connectivity index (χ4n) is 2.01. The Morgan fingerprint density at radius 3 is 2.54 bits per heavy atom. The van der Waals surface area contributed by atoms with E-state index in [1.807, 2.05) is 0 Å². The summed E-state index contributed by atoms with van der Waals surface area (Å²) in [5.41, 5.74) is -0.150. The van der Waals surface area contributed by atoms with E-state index in [-0.39, 0.29) is 5.60 Å². The summed E-state index contributed by atoms with van der Waals surface area (Å²) in [7, 11) is 2.11. The predicted octanol–water partition coefficient (Wildman–Crippen LogP) is 1.42. The molecular formula is C10H19NO2. The molecule has 1 rings (SSSR count). The van der Waals surface area contributed by atoms with Gasteiger partial charge in [-0.3, -0.25) is 4.79 Å². The summed E-state index contributed by atoms with van der Waals surface area (Å²) in [5.74, 6) is 0. The molecule has 0 N–H and O–H groups in total. The number of carbonyl (C=O) groups is 1. The molecule has 0 spiro atoms. The number of hydrogen-bond acceptors (Lipinski definition) is 3. The fraction of sp³-hybridized carbons (Fsp3) is 0.900. The molecule has 1 fully saturated rings. The largest absolute Gasteiger partial charge is 0.461 e. The molecule has 1 aliphatic rings. The maximum absolute atomic E-state index is 10.4. The van der Waals surface area contributed by atoms with Crippen molar-refractivity contribution >= 4 is 6.47 Å². The lowest BCUT2D eigenvalue weighted by Crippen LogP contribution is -2.44. The smallest absolute Gasteiger partial charge is 0.293 e. The van der Waals surface area contributed by atoms with Gasteiger partial charge in [-0.05, 0) is 26.3 Å².